The summed E-state index contributed by atoms with van der Waals surface area (Å²) in [6.07, 6.45) is 1.79. The van der Waals surface area contributed by atoms with Gasteiger partial charge in [0.05, 0.1) is 22.6 Å². The van der Waals surface area contributed by atoms with Crippen molar-refractivity contribution in [2.45, 2.75) is 13.0 Å². The van der Waals surface area contributed by atoms with Crippen LogP contribution in [-0.4, -0.2) is 69.9 Å². The van der Waals surface area contributed by atoms with Crippen LogP contribution in [0.4, 0.5) is 10.1 Å². The maximum atomic E-state index is 13.9. The number of benzene rings is 2. The predicted octanol–water partition coefficient (Wildman–Crippen LogP) is 3.59. The fourth-order valence-corrected chi connectivity index (χ4v) is 4.70. The number of nitrogens with one attached hydrogen (secondary N) is 1. The fraction of sp³-hybridized carbons (Fsp3) is 0.320. The van der Waals surface area contributed by atoms with Crippen LogP contribution in [0.15, 0.2) is 48.7 Å². The molecule has 8 heteroatoms. The molecule has 7 nitrogen and oxygen atoms in total. The largest absolute Gasteiger partial charge is 0.368 e. The van der Waals surface area contributed by atoms with Crippen molar-refractivity contribution in [1.29, 1.82) is 0 Å². The third-order valence-electron chi connectivity index (χ3n) is 6.76. The Bertz CT molecular complexity index is 1360. The minimum Gasteiger partial charge on any atom is -0.368 e. The molecular formula is C25H25FN6O. The molecule has 168 valence electrons. The third kappa shape index (κ3) is 3.70. The van der Waals surface area contributed by atoms with E-state index >= 15 is 0 Å². The summed E-state index contributed by atoms with van der Waals surface area (Å²) in [7, 11) is 0. The van der Waals surface area contributed by atoms with E-state index < -0.39 is 0 Å². The number of pyridine rings is 1. The van der Waals surface area contributed by atoms with Gasteiger partial charge in [0, 0.05) is 62.1 Å². The molecule has 2 fully saturated rings. The van der Waals surface area contributed by atoms with Crippen LogP contribution in [-0.2, 0) is 0 Å². The molecule has 1 N–H and O–H groups in total. The number of nitrogens with zero attached hydrogens (tertiary/aromatic N) is 5. The van der Waals surface area contributed by atoms with E-state index in [1.165, 1.54) is 6.07 Å². The summed E-state index contributed by atoms with van der Waals surface area (Å²) in [4.78, 5) is 31.5. The lowest BCUT2D eigenvalue weighted by Crippen LogP contribution is -2.47. The quantitative estimate of drug-likeness (QED) is 0.487. The molecule has 2 aliphatic rings. The van der Waals surface area contributed by atoms with Crippen LogP contribution < -0.4 is 4.90 Å². The Morgan fingerprint density at radius 1 is 1.00 bits per heavy atom. The van der Waals surface area contributed by atoms with Crippen LogP contribution in [0.25, 0.3) is 21.9 Å². The number of rotatable bonds is 4. The summed E-state index contributed by atoms with van der Waals surface area (Å²) < 4.78 is 13.9. The molecule has 1 amide bonds. The van der Waals surface area contributed by atoms with Gasteiger partial charge in [-0.1, -0.05) is 0 Å². The number of imidazole rings is 1. The van der Waals surface area contributed by atoms with Crippen LogP contribution >= 0.6 is 0 Å². The number of H-pyrrole nitrogens is 1. The maximum absolute atomic E-state index is 13.9. The molecular weight excluding hydrogens is 419 g/mol. The number of aromatic nitrogens is 3. The molecule has 4 heterocycles. The van der Waals surface area contributed by atoms with E-state index in [1.54, 1.807) is 18.3 Å². The van der Waals surface area contributed by atoms with E-state index in [-0.39, 0.29) is 17.8 Å². The van der Waals surface area contributed by atoms with Crippen molar-refractivity contribution in [3.05, 3.63) is 65.9 Å². The number of halogens is 1. The minimum absolute atomic E-state index is 0.0840. The second kappa shape index (κ2) is 7.81. The molecule has 2 aromatic heterocycles. The first kappa shape index (κ1) is 20.1. The number of fused-ring (bicyclic) bond motifs is 2. The van der Waals surface area contributed by atoms with Crippen LogP contribution in [0.5, 0.6) is 0 Å². The van der Waals surface area contributed by atoms with Gasteiger partial charge in [0.15, 0.2) is 0 Å². The van der Waals surface area contributed by atoms with Gasteiger partial charge in [0.1, 0.15) is 11.6 Å². The second-order valence-electron chi connectivity index (χ2n) is 8.84. The molecule has 0 unspecified atom stereocenters. The van der Waals surface area contributed by atoms with Crippen molar-refractivity contribution in [3.8, 4) is 0 Å². The summed E-state index contributed by atoms with van der Waals surface area (Å²) in [5.74, 6) is 0.750. The topological polar surface area (TPSA) is 68.1 Å². The monoisotopic (exact) mass is 444 g/mol. The van der Waals surface area contributed by atoms with Crippen LogP contribution in [0.1, 0.15) is 29.1 Å². The SMILES string of the molecule is C[C@H](c1nc2ccc(C(=O)N3CC3)cc2[nH]1)N1CCN(c2ccnc3ccc(F)cc23)CC1. The van der Waals surface area contributed by atoms with Gasteiger partial charge in [0.25, 0.3) is 5.91 Å². The zero-order valence-electron chi connectivity index (χ0n) is 18.5. The molecule has 0 radical (unpaired) electrons. The lowest BCUT2D eigenvalue weighted by atomic mass is 10.1. The van der Waals surface area contributed by atoms with Gasteiger partial charge >= 0.3 is 0 Å². The number of hydrogen-bond donors (Lipinski definition) is 1. The fourth-order valence-electron chi connectivity index (χ4n) is 4.70. The van der Waals surface area contributed by atoms with Crippen molar-refractivity contribution in [1.82, 2.24) is 24.8 Å². The van der Waals surface area contributed by atoms with E-state index in [0.29, 0.717) is 5.56 Å². The van der Waals surface area contributed by atoms with E-state index in [9.17, 15) is 9.18 Å². The molecule has 1 atom stereocenters. The number of anilines is 1. The van der Waals surface area contributed by atoms with Gasteiger partial charge in [-0.25, -0.2) is 9.37 Å². The van der Waals surface area contributed by atoms with Crippen molar-refractivity contribution in [2.24, 2.45) is 0 Å². The Morgan fingerprint density at radius 2 is 1.79 bits per heavy atom. The lowest BCUT2D eigenvalue weighted by molar-refractivity contribution is 0.0885. The second-order valence-corrected chi connectivity index (χ2v) is 8.84. The molecule has 33 heavy (non-hydrogen) atoms. The molecule has 0 saturated carbocycles. The first-order valence-corrected chi connectivity index (χ1v) is 11.4. The Labute approximate surface area is 190 Å². The Kier molecular flexibility index (Phi) is 4.76. The van der Waals surface area contributed by atoms with Crippen molar-refractivity contribution >= 4 is 33.5 Å². The molecule has 2 saturated heterocycles. The van der Waals surface area contributed by atoms with Gasteiger partial charge in [-0.3, -0.25) is 14.7 Å². The first-order valence-electron chi connectivity index (χ1n) is 11.4. The normalized spacial score (nSPS) is 17.6. The summed E-state index contributed by atoms with van der Waals surface area (Å²) in [6.45, 7) is 7.28. The number of amides is 1. The average Bonchev–Trinajstić information content (AvgIpc) is 3.61. The van der Waals surface area contributed by atoms with Crippen LogP contribution in [0.3, 0.4) is 0 Å². The van der Waals surface area contributed by atoms with E-state index in [1.807, 2.05) is 29.2 Å². The number of carbonyl (C=O) groups is 1. The Morgan fingerprint density at radius 3 is 2.58 bits per heavy atom. The van der Waals surface area contributed by atoms with Gasteiger partial charge in [-0.15, -0.1) is 0 Å². The predicted molar refractivity (Wildman–Crippen MR) is 126 cm³/mol. The highest BCUT2D eigenvalue weighted by Gasteiger charge is 2.27. The molecule has 6 rings (SSSR count). The van der Waals surface area contributed by atoms with Gasteiger partial charge in [-0.05, 0) is 49.4 Å². The van der Waals surface area contributed by atoms with Crippen LogP contribution in [0.2, 0.25) is 0 Å². The van der Waals surface area contributed by atoms with Gasteiger partial charge in [0.2, 0.25) is 0 Å². The highest BCUT2D eigenvalue weighted by atomic mass is 19.1. The highest BCUT2D eigenvalue weighted by molar-refractivity contribution is 5.98. The Balaban J connectivity index is 1.18. The zero-order valence-corrected chi connectivity index (χ0v) is 18.5. The molecule has 2 aromatic carbocycles. The highest BCUT2D eigenvalue weighted by Crippen LogP contribution is 2.29. The van der Waals surface area contributed by atoms with Crippen molar-refractivity contribution < 1.29 is 9.18 Å². The first-order chi connectivity index (χ1) is 16.1. The molecule has 2 aliphatic heterocycles. The zero-order chi connectivity index (χ0) is 22.5. The van der Waals surface area contributed by atoms with E-state index in [0.717, 1.165) is 72.7 Å². The maximum Gasteiger partial charge on any atom is 0.254 e. The summed E-state index contributed by atoms with van der Waals surface area (Å²) in [6, 6.07) is 12.5. The summed E-state index contributed by atoms with van der Waals surface area (Å²) in [5.41, 5.74) is 4.32. The van der Waals surface area contributed by atoms with Gasteiger partial charge in [-0.2, -0.15) is 0 Å². The molecule has 4 aromatic rings. The molecule has 0 bridgehead atoms. The van der Waals surface area contributed by atoms with Crippen molar-refractivity contribution in [2.75, 3.05) is 44.2 Å². The van der Waals surface area contributed by atoms with Crippen molar-refractivity contribution in [3.63, 3.8) is 0 Å². The summed E-state index contributed by atoms with van der Waals surface area (Å²) >= 11 is 0. The summed E-state index contributed by atoms with van der Waals surface area (Å²) in [5, 5.41) is 0.851. The van der Waals surface area contributed by atoms with E-state index in [4.69, 9.17) is 4.98 Å². The Hall–Kier alpha value is -3.52. The van der Waals surface area contributed by atoms with E-state index in [2.05, 4.69) is 26.7 Å². The van der Waals surface area contributed by atoms with Crippen LogP contribution in [0, 0.1) is 5.82 Å². The molecule has 0 aliphatic carbocycles. The number of hydrogen-bond acceptors (Lipinski definition) is 5. The molecule has 0 spiro atoms. The average molecular weight is 445 g/mol. The third-order valence-corrected chi connectivity index (χ3v) is 6.76. The number of aromatic amines is 1. The van der Waals surface area contributed by atoms with Gasteiger partial charge < -0.3 is 14.8 Å². The lowest BCUT2D eigenvalue weighted by Gasteiger charge is -2.38. The number of piperazine rings is 1. The standard InChI is InChI=1S/C25H25FN6O/c1-16(24-28-21-4-2-17(14-22(21)29-24)25(33)32-12-13-32)30-8-10-31(11-9-30)23-6-7-27-20-5-3-18(26)15-19(20)23/h2-7,14-16H,8-13H2,1H3,(H,28,29)/t16-/m1/s1. The smallest absolute Gasteiger partial charge is 0.254 e. The number of carbonyl (C=O) groups excluding carboxylic acids is 1. The minimum atomic E-state index is -0.243.